The van der Waals surface area contributed by atoms with E-state index in [1.54, 1.807) is 42.9 Å². The lowest BCUT2D eigenvalue weighted by Gasteiger charge is -2.05. The molecule has 2 heterocycles. The Hall–Kier alpha value is -2.27. The summed E-state index contributed by atoms with van der Waals surface area (Å²) in [6, 6.07) is 6.78. The van der Waals surface area contributed by atoms with Crippen LogP contribution in [0, 0.1) is 0 Å². The second kappa shape index (κ2) is 5.18. The minimum Gasteiger partial charge on any atom is -0.325 e. The van der Waals surface area contributed by atoms with Gasteiger partial charge < -0.3 is 11.1 Å². The van der Waals surface area contributed by atoms with Crippen molar-refractivity contribution >= 4 is 11.6 Å². The molecule has 0 atom stereocenters. The summed E-state index contributed by atoms with van der Waals surface area (Å²) in [6.45, 7) is 0.316. The van der Waals surface area contributed by atoms with Gasteiger partial charge in [0, 0.05) is 36.4 Å². The predicted octanol–water partition coefficient (Wildman–Crippen LogP) is 1.19. The number of anilines is 1. The number of rotatable bonds is 3. The van der Waals surface area contributed by atoms with Gasteiger partial charge in [0.05, 0.1) is 5.69 Å². The highest BCUT2D eigenvalue weighted by Gasteiger charge is 2.06. The third-order valence-corrected chi connectivity index (χ3v) is 2.23. The number of carbonyl (C=O) groups excluding carboxylic acids is 1. The molecule has 0 saturated heterocycles. The minimum absolute atomic E-state index is 0.187. The molecule has 0 radical (unpaired) electrons. The number of aromatic nitrogens is 2. The van der Waals surface area contributed by atoms with E-state index in [2.05, 4.69) is 15.3 Å². The van der Waals surface area contributed by atoms with Gasteiger partial charge in [0.25, 0.3) is 5.91 Å². The van der Waals surface area contributed by atoms with E-state index in [9.17, 15) is 4.79 Å². The average molecular weight is 228 g/mol. The molecular weight excluding hydrogens is 216 g/mol. The van der Waals surface area contributed by atoms with Crippen molar-refractivity contribution in [1.29, 1.82) is 0 Å². The highest BCUT2D eigenvalue weighted by Crippen LogP contribution is 2.08. The van der Waals surface area contributed by atoms with E-state index < -0.39 is 0 Å². The van der Waals surface area contributed by atoms with E-state index in [0.29, 0.717) is 23.5 Å². The van der Waals surface area contributed by atoms with Crippen LogP contribution in [0.15, 0.2) is 42.9 Å². The molecular formula is C12H12N4O. The van der Waals surface area contributed by atoms with E-state index in [1.807, 2.05) is 0 Å². The Bertz CT molecular complexity index is 513. The lowest BCUT2D eigenvalue weighted by molar-refractivity contribution is 0.102. The highest BCUT2D eigenvalue weighted by atomic mass is 16.1. The number of nitrogens with one attached hydrogen (secondary N) is 1. The zero-order chi connectivity index (χ0) is 12.1. The molecule has 2 aromatic rings. The molecule has 2 aromatic heterocycles. The van der Waals surface area contributed by atoms with Crippen LogP contribution < -0.4 is 11.1 Å². The quantitative estimate of drug-likeness (QED) is 0.826. The zero-order valence-electron chi connectivity index (χ0n) is 9.13. The molecule has 17 heavy (non-hydrogen) atoms. The Kier molecular flexibility index (Phi) is 3.42. The fourth-order valence-electron chi connectivity index (χ4n) is 1.37. The van der Waals surface area contributed by atoms with E-state index in [-0.39, 0.29) is 5.91 Å². The molecule has 0 aliphatic rings. The van der Waals surface area contributed by atoms with Crippen LogP contribution in [0.1, 0.15) is 16.1 Å². The summed E-state index contributed by atoms with van der Waals surface area (Å²) in [5.41, 5.74) is 7.40. The van der Waals surface area contributed by atoms with Crippen LogP contribution in [0.2, 0.25) is 0 Å². The van der Waals surface area contributed by atoms with E-state index in [0.717, 1.165) is 0 Å². The maximum absolute atomic E-state index is 11.9. The standard InChI is InChI=1S/C12H12N4O/c13-8-11-7-9(1-6-15-11)12(17)16-10-2-4-14-5-3-10/h1-7H,8,13H2,(H,14,16,17). The molecule has 3 N–H and O–H groups in total. The Morgan fingerprint density at radius 3 is 2.71 bits per heavy atom. The van der Waals surface area contributed by atoms with Gasteiger partial charge >= 0.3 is 0 Å². The molecule has 2 rings (SSSR count). The molecule has 1 amide bonds. The van der Waals surface area contributed by atoms with Crippen molar-refractivity contribution < 1.29 is 4.79 Å². The molecule has 0 unspecified atom stereocenters. The van der Waals surface area contributed by atoms with Gasteiger partial charge in [0.2, 0.25) is 0 Å². The lowest BCUT2D eigenvalue weighted by atomic mass is 10.2. The summed E-state index contributed by atoms with van der Waals surface area (Å²) in [7, 11) is 0. The third-order valence-electron chi connectivity index (χ3n) is 2.23. The normalized spacial score (nSPS) is 9.94. The second-order valence-electron chi connectivity index (χ2n) is 3.43. The Labute approximate surface area is 98.7 Å². The number of carbonyl (C=O) groups is 1. The van der Waals surface area contributed by atoms with E-state index >= 15 is 0 Å². The number of pyridine rings is 2. The molecule has 0 aliphatic heterocycles. The summed E-state index contributed by atoms with van der Waals surface area (Å²) < 4.78 is 0. The first kappa shape index (κ1) is 11.2. The van der Waals surface area contributed by atoms with Crippen molar-refractivity contribution in [1.82, 2.24) is 9.97 Å². The van der Waals surface area contributed by atoms with Crippen molar-refractivity contribution in [3.05, 3.63) is 54.1 Å². The van der Waals surface area contributed by atoms with Gasteiger partial charge in [-0.3, -0.25) is 14.8 Å². The smallest absolute Gasteiger partial charge is 0.255 e. The van der Waals surface area contributed by atoms with Gasteiger partial charge in [0.15, 0.2) is 0 Å². The summed E-state index contributed by atoms with van der Waals surface area (Å²) in [4.78, 5) is 19.8. The van der Waals surface area contributed by atoms with Crippen LogP contribution in [0.3, 0.4) is 0 Å². The topological polar surface area (TPSA) is 80.9 Å². The maximum atomic E-state index is 11.9. The van der Waals surface area contributed by atoms with E-state index in [1.165, 1.54) is 0 Å². The molecule has 0 aromatic carbocycles. The largest absolute Gasteiger partial charge is 0.325 e. The van der Waals surface area contributed by atoms with Crippen LogP contribution in [0.5, 0.6) is 0 Å². The molecule has 0 spiro atoms. The van der Waals surface area contributed by atoms with Gasteiger partial charge in [0.1, 0.15) is 0 Å². The second-order valence-corrected chi connectivity index (χ2v) is 3.43. The van der Waals surface area contributed by atoms with Crippen LogP contribution in [-0.2, 0) is 6.54 Å². The minimum atomic E-state index is -0.187. The average Bonchev–Trinajstić information content (AvgIpc) is 2.40. The number of amides is 1. The van der Waals surface area contributed by atoms with Gasteiger partial charge in [-0.05, 0) is 24.3 Å². The van der Waals surface area contributed by atoms with Crippen molar-refractivity contribution in [3.8, 4) is 0 Å². The molecule has 86 valence electrons. The predicted molar refractivity (Wildman–Crippen MR) is 64.3 cm³/mol. The van der Waals surface area contributed by atoms with Crippen molar-refractivity contribution in [2.24, 2.45) is 5.73 Å². The van der Waals surface area contributed by atoms with Crippen LogP contribution in [0.4, 0.5) is 5.69 Å². The molecule has 0 bridgehead atoms. The molecule has 0 fully saturated rings. The Balaban J connectivity index is 2.14. The van der Waals surface area contributed by atoms with Gasteiger partial charge in [-0.25, -0.2) is 0 Å². The summed E-state index contributed by atoms with van der Waals surface area (Å²) in [6.07, 6.45) is 4.81. The van der Waals surface area contributed by atoms with Crippen LogP contribution in [-0.4, -0.2) is 15.9 Å². The Morgan fingerprint density at radius 1 is 1.24 bits per heavy atom. The fourth-order valence-corrected chi connectivity index (χ4v) is 1.37. The van der Waals surface area contributed by atoms with E-state index in [4.69, 9.17) is 5.73 Å². The van der Waals surface area contributed by atoms with Crippen molar-refractivity contribution in [3.63, 3.8) is 0 Å². The third kappa shape index (κ3) is 2.85. The Morgan fingerprint density at radius 2 is 2.00 bits per heavy atom. The monoisotopic (exact) mass is 228 g/mol. The van der Waals surface area contributed by atoms with Crippen molar-refractivity contribution in [2.75, 3.05) is 5.32 Å². The highest BCUT2D eigenvalue weighted by molar-refractivity contribution is 6.04. The number of hydrogen-bond donors (Lipinski definition) is 2. The molecule has 0 saturated carbocycles. The SMILES string of the molecule is NCc1cc(C(=O)Nc2ccncc2)ccn1. The lowest BCUT2D eigenvalue weighted by Crippen LogP contribution is -2.13. The van der Waals surface area contributed by atoms with Crippen LogP contribution in [0.25, 0.3) is 0 Å². The van der Waals surface area contributed by atoms with Gasteiger partial charge in [-0.15, -0.1) is 0 Å². The number of hydrogen-bond acceptors (Lipinski definition) is 4. The van der Waals surface area contributed by atoms with Gasteiger partial charge in [-0.2, -0.15) is 0 Å². The molecule has 5 heteroatoms. The maximum Gasteiger partial charge on any atom is 0.255 e. The first-order valence-electron chi connectivity index (χ1n) is 5.16. The number of nitrogens with zero attached hydrogens (tertiary/aromatic N) is 2. The summed E-state index contributed by atoms with van der Waals surface area (Å²) >= 11 is 0. The first-order valence-corrected chi connectivity index (χ1v) is 5.16. The van der Waals surface area contributed by atoms with Crippen LogP contribution >= 0.6 is 0 Å². The van der Waals surface area contributed by atoms with Gasteiger partial charge in [-0.1, -0.05) is 0 Å². The molecule has 5 nitrogen and oxygen atoms in total. The fraction of sp³-hybridized carbons (Fsp3) is 0.0833. The summed E-state index contributed by atoms with van der Waals surface area (Å²) in [5, 5.41) is 2.76. The summed E-state index contributed by atoms with van der Waals surface area (Å²) in [5.74, 6) is -0.187. The molecule has 0 aliphatic carbocycles. The first-order chi connectivity index (χ1) is 8.29. The number of nitrogens with two attached hydrogens (primary N) is 1. The van der Waals surface area contributed by atoms with Crippen molar-refractivity contribution in [2.45, 2.75) is 6.54 Å². The zero-order valence-corrected chi connectivity index (χ0v) is 9.13.